The average molecular weight is 402 g/mol. The Hall–Kier alpha value is -1.60. The molecule has 1 aromatic rings. The summed E-state index contributed by atoms with van der Waals surface area (Å²) in [5, 5.41) is 9.55. The van der Waals surface area contributed by atoms with Crippen LogP contribution in [0.25, 0.3) is 0 Å². The molecule has 0 amide bonds. The largest absolute Gasteiger partial charge is 0.478 e. The summed E-state index contributed by atoms with van der Waals surface area (Å²) in [4.78, 5) is 13.5. The molecule has 1 aromatic carbocycles. The fraction of sp³-hybridized carbons (Fsp3) is 0.632. The molecule has 1 saturated carbocycles. The Morgan fingerprint density at radius 1 is 1.26 bits per heavy atom. The van der Waals surface area contributed by atoms with E-state index in [9.17, 15) is 18.7 Å². The topological polar surface area (TPSA) is 59.0 Å². The van der Waals surface area contributed by atoms with Gasteiger partial charge in [-0.3, -0.25) is 4.90 Å². The summed E-state index contributed by atoms with van der Waals surface area (Å²) < 4.78 is 38.4. The molecule has 0 bridgehead atoms. The SMILES string of the molecule is Cc1c(C(=O)O)cc(Cl)c2c1O[C@](C)(C1CCN(C3CC(F)(F)C3)CC1)O2. The molecular formula is C19H22ClF2NO4. The van der Waals surface area contributed by atoms with Gasteiger partial charge in [-0.05, 0) is 38.9 Å². The smallest absolute Gasteiger partial charge is 0.336 e. The van der Waals surface area contributed by atoms with Gasteiger partial charge in [0.25, 0.3) is 11.7 Å². The standard InChI is InChI=1S/C19H22ClF2NO4/c1-10-13(17(24)25)7-14(20)16-15(10)26-18(2,27-16)11-3-5-23(6-4-11)12-8-19(21,22)9-12/h7,11-12H,3-6,8-9H2,1-2H3,(H,24,25)/t18-/m0/s1. The van der Waals surface area contributed by atoms with Crippen LogP contribution >= 0.6 is 11.6 Å². The lowest BCUT2D eigenvalue weighted by Gasteiger charge is -2.46. The third-order valence-electron chi connectivity index (χ3n) is 6.13. The lowest BCUT2D eigenvalue weighted by molar-refractivity contribution is -0.151. The van der Waals surface area contributed by atoms with Gasteiger partial charge in [0.1, 0.15) is 0 Å². The van der Waals surface area contributed by atoms with Crippen molar-refractivity contribution in [2.45, 2.75) is 57.3 Å². The van der Waals surface area contributed by atoms with E-state index in [1.165, 1.54) is 6.07 Å². The van der Waals surface area contributed by atoms with Crippen molar-refractivity contribution in [2.75, 3.05) is 13.1 Å². The lowest BCUT2D eigenvalue weighted by Crippen LogP contribution is -2.55. The van der Waals surface area contributed by atoms with Crippen molar-refractivity contribution in [3.8, 4) is 11.5 Å². The van der Waals surface area contributed by atoms with Crippen LogP contribution in [0.5, 0.6) is 11.5 Å². The number of aromatic carboxylic acids is 1. The lowest BCUT2D eigenvalue weighted by atomic mass is 9.83. The van der Waals surface area contributed by atoms with Crippen LogP contribution in [0.15, 0.2) is 6.07 Å². The molecule has 2 fully saturated rings. The summed E-state index contributed by atoms with van der Waals surface area (Å²) in [5.74, 6) is -3.71. The van der Waals surface area contributed by atoms with Gasteiger partial charge < -0.3 is 14.6 Å². The van der Waals surface area contributed by atoms with Crippen molar-refractivity contribution in [2.24, 2.45) is 5.92 Å². The summed E-state index contributed by atoms with van der Waals surface area (Å²) in [6.45, 7) is 4.95. The highest BCUT2D eigenvalue weighted by Crippen LogP contribution is 2.51. The van der Waals surface area contributed by atoms with Gasteiger partial charge in [-0.2, -0.15) is 0 Å². The van der Waals surface area contributed by atoms with Crippen molar-refractivity contribution < 1.29 is 28.2 Å². The first kappa shape index (κ1) is 18.7. The molecule has 1 N–H and O–H groups in total. The Balaban J connectivity index is 1.47. The predicted octanol–water partition coefficient (Wildman–Crippen LogP) is 4.34. The van der Waals surface area contributed by atoms with Crippen molar-refractivity contribution in [1.82, 2.24) is 4.90 Å². The highest BCUT2D eigenvalue weighted by atomic mass is 35.5. The number of carboxylic acid groups (broad SMARTS) is 1. The summed E-state index contributed by atoms with van der Waals surface area (Å²) in [6.07, 6.45) is 1.41. The van der Waals surface area contributed by atoms with E-state index in [0.29, 0.717) is 17.1 Å². The number of hydrogen-bond acceptors (Lipinski definition) is 4. The fourth-order valence-corrected chi connectivity index (χ4v) is 4.64. The third kappa shape index (κ3) is 3.14. The van der Waals surface area contributed by atoms with Crippen molar-refractivity contribution in [1.29, 1.82) is 0 Å². The molecule has 2 heterocycles. The van der Waals surface area contributed by atoms with Gasteiger partial charge in [-0.1, -0.05) is 11.6 Å². The minimum Gasteiger partial charge on any atom is -0.478 e. The quantitative estimate of drug-likeness (QED) is 0.816. The normalized spacial score (nSPS) is 28.2. The molecule has 8 heteroatoms. The molecule has 1 aliphatic carbocycles. The second-order valence-corrected chi connectivity index (χ2v) is 8.35. The predicted molar refractivity (Wildman–Crippen MR) is 95.1 cm³/mol. The minimum atomic E-state index is -2.51. The van der Waals surface area contributed by atoms with E-state index in [-0.39, 0.29) is 35.4 Å². The molecule has 1 saturated heterocycles. The molecule has 148 valence electrons. The number of halogens is 3. The molecule has 27 heavy (non-hydrogen) atoms. The number of nitrogens with zero attached hydrogens (tertiary/aromatic N) is 1. The molecule has 0 radical (unpaired) electrons. The van der Waals surface area contributed by atoms with E-state index in [2.05, 4.69) is 4.90 Å². The number of likely N-dealkylation sites (tertiary alicyclic amines) is 1. The Kier molecular flexibility index (Phi) is 4.31. The van der Waals surface area contributed by atoms with Crippen LogP contribution in [0, 0.1) is 12.8 Å². The van der Waals surface area contributed by atoms with Crippen molar-refractivity contribution in [3.05, 3.63) is 22.2 Å². The minimum absolute atomic E-state index is 0.0359. The second-order valence-electron chi connectivity index (χ2n) is 7.94. The number of benzene rings is 1. The number of ether oxygens (including phenoxy) is 2. The number of alkyl halides is 2. The van der Waals surface area contributed by atoms with Crippen LogP contribution in [0.1, 0.15) is 48.5 Å². The number of hydrogen-bond donors (Lipinski definition) is 1. The Morgan fingerprint density at radius 3 is 2.41 bits per heavy atom. The summed E-state index contributed by atoms with van der Waals surface area (Å²) in [6, 6.07) is 1.35. The van der Waals surface area contributed by atoms with Crippen LogP contribution in [0.2, 0.25) is 5.02 Å². The number of piperidine rings is 1. The molecule has 1 atom stereocenters. The Bertz CT molecular complexity index is 786. The summed E-state index contributed by atoms with van der Waals surface area (Å²) in [7, 11) is 0. The van der Waals surface area contributed by atoms with Crippen LogP contribution in [-0.4, -0.2) is 46.8 Å². The van der Waals surface area contributed by atoms with Crippen LogP contribution < -0.4 is 9.47 Å². The molecule has 0 spiro atoms. The number of rotatable bonds is 3. The Labute approximate surface area is 161 Å². The van der Waals surface area contributed by atoms with Crippen LogP contribution in [0.3, 0.4) is 0 Å². The molecule has 0 unspecified atom stereocenters. The van der Waals surface area contributed by atoms with Crippen molar-refractivity contribution >= 4 is 17.6 Å². The van der Waals surface area contributed by atoms with E-state index < -0.39 is 17.7 Å². The van der Waals surface area contributed by atoms with Crippen LogP contribution in [0.4, 0.5) is 8.78 Å². The van der Waals surface area contributed by atoms with E-state index in [4.69, 9.17) is 21.1 Å². The van der Waals surface area contributed by atoms with E-state index in [0.717, 1.165) is 25.9 Å². The summed E-state index contributed by atoms with van der Waals surface area (Å²) >= 11 is 6.23. The Morgan fingerprint density at radius 2 is 1.85 bits per heavy atom. The zero-order valence-electron chi connectivity index (χ0n) is 15.2. The number of carboxylic acids is 1. The van der Waals surface area contributed by atoms with E-state index in [1.54, 1.807) is 6.92 Å². The first-order chi connectivity index (χ1) is 12.6. The molecule has 2 aliphatic heterocycles. The fourth-order valence-electron chi connectivity index (χ4n) is 4.41. The number of fused-ring (bicyclic) bond motifs is 1. The van der Waals surface area contributed by atoms with Gasteiger partial charge >= 0.3 is 5.97 Å². The molecule has 0 aromatic heterocycles. The van der Waals surface area contributed by atoms with Crippen molar-refractivity contribution in [3.63, 3.8) is 0 Å². The second kappa shape index (κ2) is 6.21. The zero-order valence-corrected chi connectivity index (χ0v) is 16.0. The summed E-state index contributed by atoms with van der Waals surface area (Å²) in [5.41, 5.74) is 0.576. The average Bonchev–Trinajstić information content (AvgIpc) is 2.96. The highest BCUT2D eigenvalue weighted by Gasteiger charge is 2.51. The first-order valence-corrected chi connectivity index (χ1v) is 9.54. The third-order valence-corrected chi connectivity index (χ3v) is 6.42. The molecular weight excluding hydrogens is 380 g/mol. The van der Waals surface area contributed by atoms with E-state index in [1.807, 2.05) is 6.92 Å². The van der Waals surface area contributed by atoms with Gasteiger partial charge in [0.2, 0.25) is 0 Å². The monoisotopic (exact) mass is 401 g/mol. The maximum Gasteiger partial charge on any atom is 0.336 e. The number of carbonyl (C=O) groups is 1. The van der Waals surface area contributed by atoms with Gasteiger partial charge in [0.15, 0.2) is 11.5 Å². The molecule has 3 aliphatic rings. The molecule has 5 nitrogen and oxygen atoms in total. The van der Waals surface area contributed by atoms with Crippen LogP contribution in [-0.2, 0) is 0 Å². The highest BCUT2D eigenvalue weighted by molar-refractivity contribution is 6.32. The maximum atomic E-state index is 13.1. The van der Waals surface area contributed by atoms with E-state index >= 15 is 0 Å². The molecule has 4 rings (SSSR count). The zero-order chi connectivity index (χ0) is 19.6. The van der Waals surface area contributed by atoms with Gasteiger partial charge in [-0.15, -0.1) is 0 Å². The first-order valence-electron chi connectivity index (χ1n) is 9.16. The van der Waals surface area contributed by atoms with Gasteiger partial charge in [-0.25, -0.2) is 13.6 Å². The maximum absolute atomic E-state index is 13.1. The van der Waals surface area contributed by atoms with Gasteiger partial charge in [0, 0.05) is 37.3 Å². The van der Waals surface area contributed by atoms with Gasteiger partial charge in [0.05, 0.1) is 10.6 Å².